The number of methoxy groups -OCH3 is 1. The molecule has 0 fully saturated rings. The fourth-order valence-corrected chi connectivity index (χ4v) is 3.12. The topological polar surface area (TPSA) is 142 Å². The van der Waals surface area contributed by atoms with Gasteiger partial charge in [-0.1, -0.05) is 0 Å². The van der Waals surface area contributed by atoms with Crippen LogP contribution in [0.4, 0.5) is 5.69 Å². The molecule has 26 heavy (non-hydrogen) atoms. The molecule has 0 saturated carbocycles. The van der Waals surface area contributed by atoms with Crippen molar-refractivity contribution in [2.24, 2.45) is 5.14 Å². The molecule has 2 aromatic rings. The van der Waals surface area contributed by atoms with Gasteiger partial charge in [-0.15, -0.1) is 11.3 Å². The number of carbonyl (C=O) groups excluding carboxylic acids is 3. The number of carbonyl (C=O) groups is 3. The molecule has 1 aromatic carbocycles. The molecule has 0 atom stereocenters. The molecule has 0 bridgehead atoms. The molecule has 0 aliphatic carbocycles. The second kappa shape index (κ2) is 8.08. The van der Waals surface area contributed by atoms with Crippen LogP contribution >= 0.6 is 11.3 Å². The number of benzene rings is 1. The SMILES string of the molecule is COC(=O)c1sccc1NC(=O)COC(=O)c1ccc(S(N)(=O)=O)cc1. The van der Waals surface area contributed by atoms with Crippen LogP contribution in [0.3, 0.4) is 0 Å². The number of rotatable bonds is 6. The van der Waals surface area contributed by atoms with Crippen LogP contribution in [0.2, 0.25) is 0 Å². The van der Waals surface area contributed by atoms with Gasteiger partial charge >= 0.3 is 11.9 Å². The summed E-state index contributed by atoms with van der Waals surface area (Å²) in [7, 11) is -2.65. The van der Waals surface area contributed by atoms with E-state index in [0.717, 1.165) is 23.5 Å². The van der Waals surface area contributed by atoms with E-state index in [4.69, 9.17) is 9.88 Å². The van der Waals surface area contributed by atoms with Gasteiger partial charge in [0.15, 0.2) is 6.61 Å². The fraction of sp³-hybridized carbons (Fsp3) is 0.133. The molecular weight excluding hydrogens is 384 g/mol. The maximum atomic E-state index is 11.9. The summed E-state index contributed by atoms with van der Waals surface area (Å²) in [5.41, 5.74) is 0.302. The lowest BCUT2D eigenvalue weighted by Crippen LogP contribution is -2.21. The van der Waals surface area contributed by atoms with Crippen LogP contribution in [0.15, 0.2) is 40.6 Å². The predicted octanol–water partition coefficient (Wildman–Crippen LogP) is 0.978. The first-order valence-electron chi connectivity index (χ1n) is 6.98. The average Bonchev–Trinajstić information content (AvgIpc) is 3.06. The number of anilines is 1. The van der Waals surface area contributed by atoms with Crippen molar-refractivity contribution in [2.75, 3.05) is 19.0 Å². The minimum atomic E-state index is -3.87. The molecule has 0 aliphatic heterocycles. The number of esters is 2. The van der Waals surface area contributed by atoms with Crippen LogP contribution < -0.4 is 10.5 Å². The average molecular weight is 398 g/mol. The van der Waals surface area contributed by atoms with E-state index in [-0.39, 0.29) is 21.0 Å². The van der Waals surface area contributed by atoms with Crippen molar-refractivity contribution in [3.05, 3.63) is 46.2 Å². The van der Waals surface area contributed by atoms with Crippen molar-refractivity contribution in [1.82, 2.24) is 0 Å². The molecular formula is C15H14N2O7S2. The predicted molar refractivity (Wildman–Crippen MR) is 92.4 cm³/mol. The highest BCUT2D eigenvalue weighted by molar-refractivity contribution is 7.89. The lowest BCUT2D eigenvalue weighted by atomic mass is 10.2. The summed E-state index contributed by atoms with van der Waals surface area (Å²) in [5.74, 6) is -2.06. The van der Waals surface area contributed by atoms with Crippen molar-refractivity contribution >= 4 is 44.9 Å². The Kier molecular flexibility index (Phi) is 6.08. The van der Waals surface area contributed by atoms with Crippen LogP contribution in [0.5, 0.6) is 0 Å². The number of sulfonamides is 1. The minimum absolute atomic E-state index is 0.0518. The summed E-state index contributed by atoms with van der Waals surface area (Å²) in [6.07, 6.45) is 0. The van der Waals surface area contributed by atoms with Crippen LogP contribution in [0, 0.1) is 0 Å². The molecule has 0 unspecified atom stereocenters. The molecule has 0 saturated heterocycles. The van der Waals surface area contributed by atoms with E-state index >= 15 is 0 Å². The largest absolute Gasteiger partial charge is 0.465 e. The third-order valence-corrected chi connectivity index (χ3v) is 4.89. The van der Waals surface area contributed by atoms with Crippen LogP contribution in [0.1, 0.15) is 20.0 Å². The van der Waals surface area contributed by atoms with Crippen molar-refractivity contribution in [1.29, 1.82) is 0 Å². The van der Waals surface area contributed by atoms with Gasteiger partial charge in [0.05, 0.1) is 23.3 Å². The smallest absolute Gasteiger partial charge is 0.350 e. The highest BCUT2D eigenvalue weighted by Crippen LogP contribution is 2.23. The lowest BCUT2D eigenvalue weighted by Gasteiger charge is -2.07. The van der Waals surface area contributed by atoms with Crippen molar-refractivity contribution in [2.45, 2.75) is 4.90 Å². The lowest BCUT2D eigenvalue weighted by molar-refractivity contribution is -0.119. The monoisotopic (exact) mass is 398 g/mol. The van der Waals surface area contributed by atoms with Gasteiger partial charge in [-0.3, -0.25) is 4.79 Å². The Balaban J connectivity index is 1.94. The molecule has 0 radical (unpaired) electrons. The molecule has 1 heterocycles. The Morgan fingerprint density at radius 2 is 1.77 bits per heavy atom. The number of primary sulfonamides is 1. The molecule has 1 amide bonds. The molecule has 0 aliphatic rings. The summed E-state index contributed by atoms with van der Waals surface area (Å²) in [6.45, 7) is -0.591. The van der Waals surface area contributed by atoms with Crippen molar-refractivity contribution in [3.8, 4) is 0 Å². The number of hydrogen-bond donors (Lipinski definition) is 2. The van der Waals surface area contributed by atoms with Gasteiger partial charge in [-0.25, -0.2) is 23.1 Å². The number of hydrogen-bond acceptors (Lipinski definition) is 8. The molecule has 0 spiro atoms. The Morgan fingerprint density at radius 1 is 1.12 bits per heavy atom. The third-order valence-electron chi connectivity index (χ3n) is 3.06. The zero-order chi connectivity index (χ0) is 19.3. The first kappa shape index (κ1) is 19.6. The van der Waals surface area contributed by atoms with Crippen molar-refractivity contribution < 1.29 is 32.3 Å². The van der Waals surface area contributed by atoms with E-state index in [0.29, 0.717) is 0 Å². The van der Waals surface area contributed by atoms with Gasteiger partial charge in [-0.2, -0.15) is 0 Å². The second-order valence-corrected chi connectivity index (χ2v) is 7.33. The van der Waals surface area contributed by atoms with Crippen molar-refractivity contribution in [3.63, 3.8) is 0 Å². The Morgan fingerprint density at radius 3 is 2.35 bits per heavy atom. The molecule has 2 rings (SSSR count). The van der Waals surface area contributed by atoms with E-state index < -0.39 is 34.5 Å². The van der Waals surface area contributed by atoms with E-state index in [2.05, 4.69) is 10.1 Å². The Bertz CT molecular complexity index is 933. The maximum absolute atomic E-state index is 11.9. The van der Waals surface area contributed by atoms with Gasteiger partial charge in [0.1, 0.15) is 4.88 Å². The second-order valence-electron chi connectivity index (χ2n) is 4.85. The molecule has 9 nitrogen and oxygen atoms in total. The summed E-state index contributed by atoms with van der Waals surface area (Å²) in [5, 5.41) is 9.00. The highest BCUT2D eigenvalue weighted by Gasteiger charge is 2.17. The molecule has 3 N–H and O–H groups in total. The van der Waals surface area contributed by atoms with Crippen LogP contribution in [-0.4, -0.2) is 40.0 Å². The van der Waals surface area contributed by atoms with Gasteiger partial charge in [0, 0.05) is 0 Å². The maximum Gasteiger partial charge on any atom is 0.350 e. The third kappa shape index (κ3) is 4.88. The fourth-order valence-electron chi connectivity index (χ4n) is 1.84. The van der Waals surface area contributed by atoms with Gasteiger partial charge in [0.25, 0.3) is 5.91 Å². The molecule has 11 heteroatoms. The quantitative estimate of drug-likeness (QED) is 0.691. The summed E-state index contributed by atoms with van der Waals surface area (Å²) in [6, 6.07) is 6.26. The minimum Gasteiger partial charge on any atom is -0.465 e. The van der Waals surface area contributed by atoms with Gasteiger partial charge in [0.2, 0.25) is 10.0 Å². The Hall–Kier alpha value is -2.76. The van der Waals surface area contributed by atoms with Crippen LogP contribution in [-0.2, 0) is 24.3 Å². The highest BCUT2D eigenvalue weighted by atomic mass is 32.2. The zero-order valence-corrected chi connectivity index (χ0v) is 15.1. The summed E-state index contributed by atoms with van der Waals surface area (Å²) >= 11 is 1.09. The summed E-state index contributed by atoms with van der Waals surface area (Å²) < 4.78 is 31.7. The number of nitrogens with one attached hydrogen (secondary N) is 1. The van der Waals surface area contributed by atoms with Gasteiger partial charge < -0.3 is 14.8 Å². The van der Waals surface area contributed by atoms with Crippen LogP contribution in [0.25, 0.3) is 0 Å². The van der Waals surface area contributed by atoms with Gasteiger partial charge in [-0.05, 0) is 35.7 Å². The molecule has 1 aromatic heterocycles. The van der Waals surface area contributed by atoms with E-state index in [1.165, 1.54) is 25.3 Å². The molecule has 138 valence electrons. The number of ether oxygens (including phenoxy) is 2. The Labute approximate surface area is 152 Å². The standard InChI is InChI=1S/C15H14N2O7S2/c1-23-15(20)13-11(6-7-25-13)17-12(18)8-24-14(19)9-2-4-10(5-3-9)26(16,21)22/h2-7H,8H2,1H3,(H,17,18)(H2,16,21,22). The summed E-state index contributed by atoms with van der Waals surface area (Å²) in [4.78, 5) is 35.3. The van der Waals surface area contributed by atoms with E-state index in [9.17, 15) is 22.8 Å². The van der Waals surface area contributed by atoms with E-state index in [1.807, 2.05) is 0 Å². The first-order chi connectivity index (χ1) is 12.2. The number of nitrogens with two attached hydrogens (primary N) is 1. The van der Waals surface area contributed by atoms with E-state index in [1.54, 1.807) is 5.38 Å². The number of thiophene rings is 1. The normalized spacial score (nSPS) is 10.8. The first-order valence-corrected chi connectivity index (χ1v) is 9.40. The number of amides is 1. The zero-order valence-electron chi connectivity index (χ0n) is 13.4.